The highest BCUT2D eigenvalue weighted by atomic mass is 19.2. The number of hydrogen-bond donors (Lipinski definition) is 0. The van der Waals surface area contributed by atoms with Crippen molar-refractivity contribution in [1.29, 1.82) is 0 Å². The number of unbranched alkanes of at least 4 members (excludes halogenated alkanes) is 5. The van der Waals surface area contributed by atoms with Crippen molar-refractivity contribution in [2.45, 2.75) is 77.9 Å². The van der Waals surface area contributed by atoms with Gasteiger partial charge in [-0.15, -0.1) is 0 Å². The van der Waals surface area contributed by atoms with Gasteiger partial charge in [0.15, 0.2) is 17.9 Å². The van der Waals surface area contributed by atoms with Crippen molar-refractivity contribution in [3.63, 3.8) is 0 Å². The van der Waals surface area contributed by atoms with E-state index in [-0.39, 0.29) is 11.4 Å². The Labute approximate surface area is 225 Å². The third-order valence-corrected chi connectivity index (χ3v) is 7.43. The van der Waals surface area contributed by atoms with Crippen LogP contribution in [0.3, 0.4) is 0 Å². The second kappa shape index (κ2) is 14.0. The molecule has 1 heterocycles. The summed E-state index contributed by atoms with van der Waals surface area (Å²) in [6.45, 7) is 5.46. The monoisotopic (exact) mass is 524 g/mol. The van der Waals surface area contributed by atoms with Crippen LogP contribution in [-0.2, 0) is 15.9 Å². The van der Waals surface area contributed by atoms with Gasteiger partial charge in [0.2, 0.25) is 0 Å². The van der Waals surface area contributed by atoms with Crippen molar-refractivity contribution in [3.8, 4) is 22.3 Å². The fourth-order valence-corrected chi connectivity index (χ4v) is 5.06. The molecule has 0 saturated carbocycles. The highest BCUT2D eigenvalue weighted by molar-refractivity contribution is 5.71. The second-order valence-electron chi connectivity index (χ2n) is 10.4. The van der Waals surface area contributed by atoms with Crippen molar-refractivity contribution in [3.05, 3.63) is 83.2 Å². The molecular weight excluding hydrogens is 485 g/mol. The predicted molar refractivity (Wildman–Crippen MR) is 147 cm³/mol. The van der Waals surface area contributed by atoms with Gasteiger partial charge in [-0.05, 0) is 47.6 Å². The van der Waals surface area contributed by atoms with Crippen molar-refractivity contribution in [2.24, 2.45) is 5.92 Å². The number of halogens is 3. The zero-order valence-electron chi connectivity index (χ0n) is 22.6. The summed E-state index contributed by atoms with van der Waals surface area (Å²) >= 11 is 0. The maximum Gasteiger partial charge on any atom is 0.186 e. The van der Waals surface area contributed by atoms with Crippen LogP contribution in [0.5, 0.6) is 0 Å². The van der Waals surface area contributed by atoms with E-state index in [1.807, 2.05) is 6.07 Å². The van der Waals surface area contributed by atoms with Crippen LogP contribution in [0.15, 0.2) is 54.6 Å². The van der Waals surface area contributed by atoms with E-state index in [1.165, 1.54) is 18.9 Å². The maximum absolute atomic E-state index is 15.0. The van der Waals surface area contributed by atoms with Crippen molar-refractivity contribution in [1.82, 2.24) is 0 Å². The minimum absolute atomic E-state index is 0.229. The normalized spacial score (nSPS) is 17.6. The van der Waals surface area contributed by atoms with Crippen molar-refractivity contribution in [2.75, 3.05) is 13.2 Å². The lowest BCUT2D eigenvalue weighted by atomic mass is 9.97. The van der Waals surface area contributed by atoms with Crippen molar-refractivity contribution < 1.29 is 22.6 Å². The molecule has 0 radical (unpaired) electrons. The molecule has 4 rings (SSSR count). The van der Waals surface area contributed by atoms with Gasteiger partial charge in [0.1, 0.15) is 5.82 Å². The summed E-state index contributed by atoms with van der Waals surface area (Å²) in [5, 5.41) is 0. The first-order chi connectivity index (χ1) is 18.5. The van der Waals surface area contributed by atoms with E-state index in [9.17, 15) is 8.78 Å². The van der Waals surface area contributed by atoms with Gasteiger partial charge in [-0.1, -0.05) is 101 Å². The minimum Gasteiger partial charge on any atom is -0.348 e. The molecule has 3 aromatic rings. The lowest BCUT2D eigenvalue weighted by molar-refractivity contribution is -0.207. The second-order valence-corrected chi connectivity index (χ2v) is 10.4. The molecule has 0 N–H and O–H groups in total. The van der Waals surface area contributed by atoms with Gasteiger partial charge >= 0.3 is 0 Å². The highest BCUT2D eigenvalue weighted by Gasteiger charge is 2.25. The average Bonchev–Trinajstić information content (AvgIpc) is 2.94. The fraction of sp³-hybridized carbons (Fsp3) is 0.455. The summed E-state index contributed by atoms with van der Waals surface area (Å²) in [4.78, 5) is 0. The number of ether oxygens (including phenoxy) is 2. The Kier molecular flexibility index (Phi) is 10.4. The summed E-state index contributed by atoms with van der Waals surface area (Å²) in [7, 11) is 0. The molecule has 1 aliphatic heterocycles. The standard InChI is InChI=1S/C33H39F3O2/c1-3-5-7-9-11-26-16-18-28(32(36)31(26)35)25-14-12-24(13-15-25)27-17-19-29(30(34)20-27)33-37-21-23(22-38-33)10-8-6-4-2/h12-20,23,33H,3-11,21-22H2,1-2H3. The van der Waals surface area contributed by atoms with Crippen LogP contribution in [0.4, 0.5) is 13.2 Å². The maximum atomic E-state index is 15.0. The molecule has 0 unspecified atom stereocenters. The van der Waals surface area contributed by atoms with Gasteiger partial charge in [-0.3, -0.25) is 0 Å². The molecular formula is C33H39F3O2. The Bertz CT molecular complexity index is 1170. The Morgan fingerprint density at radius 3 is 2.03 bits per heavy atom. The zero-order valence-corrected chi connectivity index (χ0v) is 22.6. The van der Waals surface area contributed by atoms with Crippen LogP contribution in [0.1, 0.15) is 82.6 Å². The Balaban J connectivity index is 1.41. The van der Waals surface area contributed by atoms with Crippen LogP contribution in [-0.4, -0.2) is 13.2 Å². The van der Waals surface area contributed by atoms with E-state index in [1.54, 1.807) is 42.5 Å². The molecule has 0 aliphatic carbocycles. The predicted octanol–water partition coefficient (Wildman–Crippen LogP) is 9.80. The SMILES string of the molecule is CCCCCCc1ccc(-c2ccc(-c3ccc(C4OCC(CCCCC)CO4)c(F)c3)cc2)c(F)c1F. The van der Waals surface area contributed by atoms with Gasteiger partial charge in [-0.2, -0.15) is 0 Å². The van der Waals surface area contributed by atoms with E-state index in [0.29, 0.717) is 47.8 Å². The molecule has 204 valence electrons. The van der Waals surface area contributed by atoms with Crippen molar-refractivity contribution >= 4 is 0 Å². The van der Waals surface area contributed by atoms with Crippen LogP contribution in [0.2, 0.25) is 0 Å². The largest absolute Gasteiger partial charge is 0.348 e. The summed E-state index contributed by atoms with van der Waals surface area (Å²) in [6.07, 6.45) is 8.53. The molecule has 1 fully saturated rings. The van der Waals surface area contributed by atoms with E-state index in [0.717, 1.165) is 44.1 Å². The quantitative estimate of drug-likeness (QED) is 0.220. The number of benzene rings is 3. The molecule has 0 aromatic heterocycles. The minimum atomic E-state index is -0.818. The van der Waals surface area contributed by atoms with Gasteiger partial charge < -0.3 is 9.47 Å². The van der Waals surface area contributed by atoms with Gasteiger partial charge in [0.25, 0.3) is 0 Å². The molecule has 0 bridgehead atoms. The first-order valence-corrected chi connectivity index (χ1v) is 14.1. The highest BCUT2D eigenvalue weighted by Crippen LogP contribution is 2.33. The molecule has 0 spiro atoms. The molecule has 0 atom stereocenters. The Morgan fingerprint density at radius 1 is 0.684 bits per heavy atom. The zero-order chi connectivity index (χ0) is 26.9. The lowest BCUT2D eigenvalue weighted by Gasteiger charge is -2.30. The van der Waals surface area contributed by atoms with Gasteiger partial charge in [-0.25, -0.2) is 13.2 Å². The first-order valence-electron chi connectivity index (χ1n) is 14.1. The molecule has 1 aliphatic rings. The molecule has 0 amide bonds. The molecule has 5 heteroatoms. The Hall–Kier alpha value is -2.63. The average molecular weight is 525 g/mol. The third-order valence-electron chi connectivity index (χ3n) is 7.43. The van der Waals surface area contributed by atoms with E-state index < -0.39 is 17.9 Å². The third kappa shape index (κ3) is 7.06. The van der Waals surface area contributed by atoms with Crippen LogP contribution in [0.25, 0.3) is 22.3 Å². The summed E-state index contributed by atoms with van der Waals surface area (Å²) in [5.74, 6) is -1.61. The van der Waals surface area contributed by atoms with Gasteiger partial charge in [0, 0.05) is 17.0 Å². The molecule has 1 saturated heterocycles. The Morgan fingerprint density at radius 2 is 1.34 bits per heavy atom. The van der Waals surface area contributed by atoms with E-state index >= 15 is 4.39 Å². The van der Waals surface area contributed by atoms with Crippen LogP contribution >= 0.6 is 0 Å². The van der Waals surface area contributed by atoms with E-state index in [4.69, 9.17) is 9.47 Å². The van der Waals surface area contributed by atoms with Gasteiger partial charge in [0.05, 0.1) is 13.2 Å². The number of rotatable bonds is 12. The molecule has 3 aromatic carbocycles. The fourth-order valence-electron chi connectivity index (χ4n) is 5.06. The summed E-state index contributed by atoms with van der Waals surface area (Å²) in [6, 6.07) is 15.4. The molecule has 38 heavy (non-hydrogen) atoms. The number of aryl methyl sites for hydroxylation is 1. The van der Waals surface area contributed by atoms with Crippen LogP contribution < -0.4 is 0 Å². The molecule has 2 nitrogen and oxygen atoms in total. The number of hydrogen-bond acceptors (Lipinski definition) is 2. The summed E-state index contributed by atoms with van der Waals surface area (Å²) < 4.78 is 56.3. The van der Waals surface area contributed by atoms with E-state index in [2.05, 4.69) is 13.8 Å². The smallest absolute Gasteiger partial charge is 0.186 e. The topological polar surface area (TPSA) is 18.5 Å². The first kappa shape index (κ1) is 28.4. The lowest BCUT2D eigenvalue weighted by Crippen LogP contribution is -2.27. The van der Waals surface area contributed by atoms with Crippen LogP contribution in [0, 0.1) is 23.4 Å². The summed E-state index contributed by atoms with van der Waals surface area (Å²) in [5.41, 5.74) is 3.11.